The van der Waals surface area contributed by atoms with Gasteiger partial charge in [-0.3, -0.25) is 9.69 Å². The molecule has 1 amide bonds. The van der Waals surface area contributed by atoms with Gasteiger partial charge < -0.3 is 9.47 Å². The highest BCUT2D eigenvalue weighted by molar-refractivity contribution is 8.00. The lowest BCUT2D eigenvalue weighted by molar-refractivity contribution is 0.00948. The zero-order valence-corrected chi connectivity index (χ0v) is 19.8. The number of nitrogens with zero attached hydrogens (tertiary/aromatic N) is 2. The van der Waals surface area contributed by atoms with E-state index in [4.69, 9.17) is 9.47 Å². The maximum absolute atomic E-state index is 12.9. The molecule has 166 valence electrons. The number of ether oxygens (including phenoxy) is 2. The lowest BCUT2D eigenvalue weighted by Gasteiger charge is -2.35. The Balaban J connectivity index is 1.69. The summed E-state index contributed by atoms with van der Waals surface area (Å²) in [5, 5.41) is 2.22. The number of rotatable bonds is 5. The Hall–Kier alpha value is -2.39. The number of benzene rings is 1. The summed E-state index contributed by atoms with van der Waals surface area (Å²) in [5.41, 5.74) is -0.0131. The fourth-order valence-electron chi connectivity index (χ4n) is 3.09. The molecule has 1 saturated heterocycles. The maximum Gasteiger partial charge on any atom is 0.412 e. The number of hydrogen-bond donors (Lipinski definition) is 0. The van der Waals surface area contributed by atoms with Gasteiger partial charge in [-0.15, -0.1) is 23.1 Å². The Kier molecular flexibility index (Phi) is 6.76. The van der Waals surface area contributed by atoms with E-state index in [1.165, 1.54) is 11.3 Å². The maximum atomic E-state index is 12.9. The number of thioether (sulfide) groups is 1. The summed E-state index contributed by atoms with van der Waals surface area (Å²) < 4.78 is 10.7. The molecule has 1 aliphatic rings. The first-order valence-electron chi connectivity index (χ1n) is 9.85. The van der Waals surface area contributed by atoms with Gasteiger partial charge in [-0.1, -0.05) is 30.3 Å². The Morgan fingerprint density at radius 2 is 1.87 bits per heavy atom. The predicted molar refractivity (Wildman–Crippen MR) is 121 cm³/mol. The van der Waals surface area contributed by atoms with Crippen LogP contribution in [0.25, 0.3) is 0 Å². The number of hydrogen-bond acceptors (Lipinski definition) is 8. The molecule has 1 unspecified atom stereocenters. The van der Waals surface area contributed by atoms with E-state index in [0.717, 1.165) is 0 Å². The van der Waals surface area contributed by atoms with Gasteiger partial charge in [0.05, 0.1) is 10.9 Å². The lowest BCUT2D eigenvalue weighted by Crippen LogP contribution is -2.45. The number of thiazole rings is 1. The van der Waals surface area contributed by atoms with Crippen molar-refractivity contribution < 1.29 is 23.9 Å². The molecule has 2 aromatic rings. The van der Waals surface area contributed by atoms with Crippen molar-refractivity contribution in [3.8, 4) is 0 Å². The second-order valence-corrected chi connectivity index (χ2v) is 11.1. The molecule has 1 fully saturated rings. The van der Waals surface area contributed by atoms with E-state index < -0.39 is 22.5 Å². The zero-order chi connectivity index (χ0) is 22.8. The van der Waals surface area contributed by atoms with Crippen LogP contribution in [0.1, 0.15) is 66.5 Å². The highest BCUT2D eigenvalue weighted by Gasteiger charge is 2.47. The van der Waals surface area contributed by atoms with Gasteiger partial charge in [0.15, 0.2) is 18.1 Å². The van der Waals surface area contributed by atoms with Gasteiger partial charge >= 0.3 is 12.1 Å². The number of aromatic nitrogens is 1. The van der Waals surface area contributed by atoms with Gasteiger partial charge in [0.2, 0.25) is 0 Å². The molecule has 0 saturated carbocycles. The van der Waals surface area contributed by atoms with Gasteiger partial charge in [0, 0.05) is 16.7 Å². The molecule has 0 N–H and O–H groups in total. The molecule has 1 aromatic carbocycles. The van der Waals surface area contributed by atoms with Crippen LogP contribution in [-0.4, -0.2) is 50.6 Å². The minimum absolute atomic E-state index is 0.125. The van der Waals surface area contributed by atoms with E-state index in [1.807, 2.05) is 40.7 Å². The molecule has 1 aromatic heterocycles. The Morgan fingerprint density at radius 3 is 2.52 bits per heavy atom. The third-order valence-electron chi connectivity index (χ3n) is 4.52. The van der Waals surface area contributed by atoms with Gasteiger partial charge in [0.1, 0.15) is 10.6 Å². The molecule has 0 aliphatic carbocycles. The number of amides is 1. The minimum Gasteiger partial charge on any atom is -0.453 e. The first kappa shape index (κ1) is 23.3. The largest absolute Gasteiger partial charge is 0.453 e. The monoisotopic (exact) mass is 462 g/mol. The molecule has 0 spiro atoms. The predicted octanol–water partition coefficient (Wildman–Crippen LogP) is 4.94. The van der Waals surface area contributed by atoms with Crippen molar-refractivity contribution in [2.45, 2.75) is 51.1 Å². The van der Waals surface area contributed by atoms with Gasteiger partial charge in [-0.2, -0.15) is 0 Å². The van der Waals surface area contributed by atoms with Crippen LogP contribution >= 0.6 is 23.1 Å². The van der Waals surface area contributed by atoms with E-state index >= 15 is 0 Å². The van der Waals surface area contributed by atoms with Crippen molar-refractivity contribution >= 4 is 40.9 Å². The van der Waals surface area contributed by atoms with E-state index in [9.17, 15) is 14.4 Å². The molecule has 3 rings (SSSR count). The van der Waals surface area contributed by atoms with Crippen molar-refractivity contribution in [3.63, 3.8) is 0 Å². The molecular weight excluding hydrogens is 436 g/mol. The van der Waals surface area contributed by atoms with Crippen molar-refractivity contribution in [1.29, 1.82) is 0 Å². The Morgan fingerprint density at radius 1 is 1.19 bits per heavy atom. The molecule has 9 heteroatoms. The first-order valence-corrected chi connectivity index (χ1v) is 11.7. The molecule has 7 nitrogen and oxygen atoms in total. The van der Waals surface area contributed by atoms with E-state index in [-0.39, 0.29) is 24.1 Å². The topological polar surface area (TPSA) is 85.8 Å². The Labute approximate surface area is 190 Å². The van der Waals surface area contributed by atoms with Crippen LogP contribution in [0.15, 0.2) is 35.7 Å². The third-order valence-corrected chi connectivity index (χ3v) is 6.85. The van der Waals surface area contributed by atoms with Crippen LogP contribution in [0, 0.1) is 0 Å². The van der Waals surface area contributed by atoms with Crippen molar-refractivity contribution in [1.82, 2.24) is 9.88 Å². The van der Waals surface area contributed by atoms with Crippen molar-refractivity contribution in [2.75, 3.05) is 12.4 Å². The number of esters is 1. The summed E-state index contributed by atoms with van der Waals surface area (Å²) in [6, 6.07) is 8.33. The molecule has 31 heavy (non-hydrogen) atoms. The van der Waals surface area contributed by atoms with Crippen LogP contribution in [0.3, 0.4) is 0 Å². The minimum atomic E-state index is -0.666. The van der Waals surface area contributed by atoms with Crippen molar-refractivity contribution in [2.24, 2.45) is 0 Å². The van der Waals surface area contributed by atoms with Crippen LogP contribution in [0.2, 0.25) is 0 Å². The summed E-state index contributed by atoms with van der Waals surface area (Å²) in [6.45, 7) is 9.03. The normalized spacial score (nSPS) is 18.0. The van der Waals surface area contributed by atoms with Crippen LogP contribution in [0.5, 0.6) is 0 Å². The van der Waals surface area contributed by atoms with Crippen LogP contribution in [0.4, 0.5) is 4.79 Å². The molecule has 1 aliphatic heterocycles. The zero-order valence-electron chi connectivity index (χ0n) is 18.2. The lowest BCUT2D eigenvalue weighted by atomic mass is 10.1. The fraction of sp³-hybridized carbons (Fsp3) is 0.455. The van der Waals surface area contributed by atoms with Gasteiger partial charge in [-0.25, -0.2) is 14.6 Å². The highest BCUT2D eigenvalue weighted by atomic mass is 32.2. The molecule has 2 heterocycles. The summed E-state index contributed by atoms with van der Waals surface area (Å²) in [4.78, 5) is 43.0. The summed E-state index contributed by atoms with van der Waals surface area (Å²) in [5.74, 6) is -0.309. The van der Waals surface area contributed by atoms with E-state index in [2.05, 4.69) is 4.98 Å². The molecule has 1 atom stereocenters. The average molecular weight is 463 g/mol. The second kappa shape index (κ2) is 9.00. The second-order valence-electron chi connectivity index (χ2n) is 8.56. The Bertz CT molecular complexity index is 966. The average Bonchev–Trinajstić information content (AvgIpc) is 3.29. The van der Waals surface area contributed by atoms with E-state index in [1.54, 1.807) is 46.3 Å². The fourth-order valence-corrected chi connectivity index (χ4v) is 5.29. The summed E-state index contributed by atoms with van der Waals surface area (Å²) in [7, 11) is 0. The first-order chi connectivity index (χ1) is 14.5. The number of ketones is 1. The molecule has 0 radical (unpaired) electrons. The van der Waals surface area contributed by atoms with Crippen LogP contribution < -0.4 is 0 Å². The quantitative estimate of drug-likeness (QED) is 0.459. The number of Topliss-reactive ketones (excluding diaryl/α,β-unsaturated/α-hetero) is 1. The number of carbonyl (C=O) groups is 3. The van der Waals surface area contributed by atoms with Crippen molar-refractivity contribution in [3.05, 3.63) is 52.0 Å². The van der Waals surface area contributed by atoms with Gasteiger partial charge in [0.25, 0.3) is 0 Å². The highest BCUT2D eigenvalue weighted by Crippen LogP contribution is 2.47. The smallest absolute Gasteiger partial charge is 0.412 e. The molecular formula is C22H26N2O5S2. The summed E-state index contributed by atoms with van der Waals surface area (Å²) >= 11 is 2.91. The van der Waals surface area contributed by atoms with E-state index in [0.29, 0.717) is 16.3 Å². The SMILES string of the molecule is CC(C)(C)OC(=O)N1C(c2nc(C(=O)OCC(=O)c3ccccc3)cs2)CSC1(C)C. The summed E-state index contributed by atoms with van der Waals surface area (Å²) in [6.07, 6.45) is -0.416. The third kappa shape index (κ3) is 5.65. The molecule has 0 bridgehead atoms. The van der Waals surface area contributed by atoms with Gasteiger partial charge in [-0.05, 0) is 34.6 Å². The standard InChI is InChI=1S/C22H26N2O5S2/c1-21(2,3)29-20(27)24-16(13-31-22(24,4)5)18-23-15(12-30-18)19(26)28-11-17(25)14-9-7-6-8-10-14/h6-10,12,16H,11,13H2,1-5H3. The number of carbonyl (C=O) groups excluding carboxylic acids is 3. The van der Waals surface area contributed by atoms with Crippen LogP contribution in [-0.2, 0) is 9.47 Å².